The third kappa shape index (κ3) is 4.34. The molecule has 0 aliphatic rings. The molecule has 0 radical (unpaired) electrons. The van der Waals surface area contributed by atoms with Gasteiger partial charge in [0.25, 0.3) is 0 Å². The van der Waals surface area contributed by atoms with Crippen LogP contribution in [-0.4, -0.2) is 23.3 Å². The Hall–Kier alpha value is -3.84. The summed E-state index contributed by atoms with van der Waals surface area (Å²) in [6.45, 7) is 6.23. The van der Waals surface area contributed by atoms with E-state index in [4.69, 9.17) is 9.17 Å². The molecule has 7 heteroatoms. The van der Waals surface area contributed by atoms with Gasteiger partial charge < -0.3 is 9.50 Å². The third-order valence-corrected chi connectivity index (χ3v) is 6.59. The van der Waals surface area contributed by atoms with Crippen LogP contribution < -0.4 is 9.50 Å². The predicted octanol–water partition coefficient (Wildman–Crippen LogP) is 6.13. The number of anilines is 1. The molecule has 0 aliphatic carbocycles. The maximum atomic E-state index is 13.0. The second kappa shape index (κ2) is 8.18. The number of imidazole rings is 1. The molecule has 0 atom stereocenters. The molecule has 0 saturated heterocycles. The van der Waals surface area contributed by atoms with Gasteiger partial charge in [-0.05, 0) is 67.9 Å². The first-order valence-corrected chi connectivity index (χ1v) is 12.4. The largest absolute Gasteiger partial charge is 0.379 e. The highest BCUT2D eigenvalue weighted by molar-refractivity contribution is 7.87. The summed E-state index contributed by atoms with van der Waals surface area (Å²) in [5.74, 6) is 1.06. The van der Waals surface area contributed by atoms with E-state index in [-0.39, 0.29) is 16.2 Å². The first-order chi connectivity index (χ1) is 16.2. The van der Waals surface area contributed by atoms with Gasteiger partial charge in [-0.1, -0.05) is 48.5 Å². The van der Waals surface area contributed by atoms with Gasteiger partial charge in [0.05, 0.1) is 0 Å². The van der Waals surface area contributed by atoms with E-state index in [2.05, 4.69) is 26.1 Å². The van der Waals surface area contributed by atoms with Crippen LogP contribution in [0.2, 0.25) is 0 Å². The van der Waals surface area contributed by atoms with Crippen LogP contribution in [-0.2, 0) is 10.1 Å². The first-order valence-electron chi connectivity index (χ1n) is 11.0. The smallest absolute Gasteiger partial charge is 0.339 e. The zero-order chi connectivity index (χ0) is 23.9. The van der Waals surface area contributed by atoms with Crippen molar-refractivity contribution in [2.24, 2.45) is 0 Å². The number of aromatic nitrogens is 2. The molecule has 0 fully saturated rings. The van der Waals surface area contributed by atoms with E-state index < -0.39 is 10.1 Å². The average Bonchev–Trinajstić information content (AvgIpc) is 3.15. The van der Waals surface area contributed by atoms with Gasteiger partial charge >= 0.3 is 10.1 Å². The molecule has 5 aromatic rings. The normalized spacial score (nSPS) is 12.2. The summed E-state index contributed by atoms with van der Waals surface area (Å²) in [7, 11) is -4.01. The lowest BCUT2D eigenvalue weighted by molar-refractivity contribution is 0.486. The fourth-order valence-corrected chi connectivity index (χ4v) is 4.82. The first kappa shape index (κ1) is 22.0. The molecule has 6 nitrogen and oxygen atoms in total. The molecule has 0 amide bonds. The lowest BCUT2D eigenvalue weighted by atomic mass is 10.1. The molecule has 0 spiro atoms. The zero-order valence-electron chi connectivity index (χ0n) is 19.2. The number of hydrogen-bond donors (Lipinski definition) is 1. The Bertz CT molecular complexity index is 1620. The van der Waals surface area contributed by atoms with Crippen LogP contribution in [0.1, 0.15) is 20.8 Å². The lowest BCUT2D eigenvalue weighted by Crippen LogP contribution is -2.27. The molecule has 0 unspecified atom stereocenters. The maximum absolute atomic E-state index is 13.0. The Labute approximate surface area is 199 Å². The van der Waals surface area contributed by atoms with Gasteiger partial charge in [0.2, 0.25) is 0 Å². The summed E-state index contributed by atoms with van der Waals surface area (Å²) >= 11 is 0. The van der Waals surface area contributed by atoms with Crippen molar-refractivity contribution in [3.05, 3.63) is 91.1 Å². The SMILES string of the molecule is CC(C)(C)Nc1c(-c2cccc(OS(=O)(=O)c3ccc4ccccc4c3)c2)nc2ccccn12. The molecular weight excluding hydrogens is 446 g/mol. The summed E-state index contributed by atoms with van der Waals surface area (Å²) in [4.78, 5) is 4.90. The molecule has 2 aromatic heterocycles. The van der Waals surface area contributed by atoms with Crippen LogP contribution in [0.3, 0.4) is 0 Å². The van der Waals surface area contributed by atoms with Crippen molar-refractivity contribution in [1.29, 1.82) is 0 Å². The monoisotopic (exact) mass is 471 g/mol. The number of nitrogens with zero attached hydrogens (tertiary/aromatic N) is 2. The van der Waals surface area contributed by atoms with Crippen molar-refractivity contribution in [2.45, 2.75) is 31.2 Å². The quantitative estimate of drug-likeness (QED) is 0.312. The van der Waals surface area contributed by atoms with Crippen molar-refractivity contribution >= 4 is 32.4 Å². The Balaban J connectivity index is 1.53. The summed E-state index contributed by atoms with van der Waals surface area (Å²) in [5.41, 5.74) is 2.06. The van der Waals surface area contributed by atoms with Crippen LogP contribution in [0.4, 0.5) is 5.82 Å². The van der Waals surface area contributed by atoms with Gasteiger partial charge in [-0.15, -0.1) is 0 Å². The number of fused-ring (bicyclic) bond motifs is 2. The van der Waals surface area contributed by atoms with Gasteiger partial charge in [0, 0.05) is 17.3 Å². The highest BCUT2D eigenvalue weighted by atomic mass is 32.2. The van der Waals surface area contributed by atoms with Crippen molar-refractivity contribution in [2.75, 3.05) is 5.32 Å². The second-order valence-corrected chi connectivity index (χ2v) is 10.7. The Kier molecular flexibility index (Phi) is 5.29. The summed E-state index contributed by atoms with van der Waals surface area (Å²) in [6, 6.07) is 25.4. The number of nitrogens with one attached hydrogen (secondary N) is 1. The van der Waals surface area contributed by atoms with Crippen LogP contribution in [0.25, 0.3) is 27.7 Å². The van der Waals surface area contributed by atoms with Crippen molar-refractivity contribution < 1.29 is 12.6 Å². The Morgan fingerprint density at radius 3 is 2.41 bits per heavy atom. The molecule has 172 valence electrons. The fourth-order valence-electron chi connectivity index (χ4n) is 3.86. The lowest BCUT2D eigenvalue weighted by Gasteiger charge is -2.22. The van der Waals surface area contributed by atoms with Crippen molar-refractivity contribution in [1.82, 2.24) is 9.38 Å². The summed E-state index contributed by atoms with van der Waals surface area (Å²) in [6.07, 6.45) is 1.95. The van der Waals surface area contributed by atoms with E-state index in [1.807, 2.05) is 59.1 Å². The van der Waals surface area contributed by atoms with Gasteiger partial charge in [0.15, 0.2) is 0 Å². The third-order valence-electron chi connectivity index (χ3n) is 5.35. The van der Waals surface area contributed by atoms with E-state index in [1.54, 1.807) is 36.4 Å². The van der Waals surface area contributed by atoms with Crippen molar-refractivity contribution in [3.63, 3.8) is 0 Å². The van der Waals surface area contributed by atoms with E-state index in [9.17, 15) is 8.42 Å². The highest BCUT2D eigenvalue weighted by Crippen LogP contribution is 2.33. The average molecular weight is 472 g/mol. The summed E-state index contributed by atoms with van der Waals surface area (Å²) < 4.78 is 33.6. The predicted molar refractivity (Wildman–Crippen MR) is 136 cm³/mol. The molecule has 34 heavy (non-hydrogen) atoms. The molecule has 1 N–H and O–H groups in total. The maximum Gasteiger partial charge on any atom is 0.339 e. The van der Waals surface area contributed by atoms with Gasteiger partial charge in [-0.2, -0.15) is 8.42 Å². The number of hydrogen-bond acceptors (Lipinski definition) is 5. The number of rotatable bonds is 5. The van der Waals surface area contributed by atoms with Crippen LogP contribution in [0.15, 0.2) is 96.0 Å². The molecule has 0 bridgehead atoms. The molecule has 0 saturated carbocycles. The molecule has 3 aromatic carbocycles. The summed E-state index contributed by atoms with van der Waals surface area (Å²) in [5, 5.41) is 5.33. The van der Waals surface area contributed by atoms with E-state index in [1.165, 1.54) is 0 Å². The zero-order valence-corrected chi connectivity index (χ0v) is 20.0. The van der Waals surface area contributed by atoms with Gasteiger partial charge in [-0.3, -0.25) is 4.40 Å². The van der Waals surface area contributed by atoms with Crippen LogP contribution in [0, 0.1) is 0 Å². The fraction of sp³-hybridized carbons (Fsp3) is 0.148. The van der Waals surface area contributed by atoms with E-state index in [0.717, 1.165) is 33.5 Å². The minimum Gasteiger partial charge on any atom is -0.379 e. The standard InChI is InChI=1S/C27H25N3O3S/c1-27(2,3)29-26-25(28-24-13-6-7-16-30(24)26)21-11-8-12-22(17-21)33-34(31,32)23-15-14-19-9-4-5-10-20(19)18-23/h4-18,29H,1-3H3. The highest BCUT2D eigenvalue weighted by Gasteiger charge is 2.21. The van der Waals surface area contributed by atoms with E-state index in [0.29, 0.717) is 0 Å². The van der Waals surface area contributed by atoms with Crippen LogP contribution in [0.5, 0.6) is 5.75 Å². The second-order valence-electron chi connectivity index (χ2n) is 9.19. The Morgan fingerprint density at radius 2 is 1.62 bits per heavy atom. The van der Waals surface area contributed by atoms with E-state index >= 15 is 0 Å². The molecule has 5 rings (SSSR count). The molecule has 2 heterocycles. The topological polar surface area (TPSA) is 72.7 Å². The van der Waals surface area contributed by atoms with Gasteiger partial charge in [-0.25, -0.2) is 4.98 Å². The minimum atomic E-state index is -4.01. The molecule has 0 aliphatic heterocycles. The van der Waals surface area contributed by atoms with Crippen LogP contribution >= 0.6 is 0 Å². The minimum absolute atomic E-state index is 0.111. The van der Waals surface area contributed by atoms with Gasteiger partial charge in [0.1, 0.15) is 27.8 Å². The molecular formula is C27H25N3O3S. The number of pyridine rings is 1. The number of benzene rings is 3. The Morgan fingerprint density at radius 1 is 0.853 bits per heavy atom. The van der Waals surface area contributed by atoms with Crippen molar-refractivity contribution in [3.8, 4) is 17.0 Å².